The molecule has 1 aromatic rings. The Morgan fingerprint density at radius 3 is 2.11 bits per heavy atom. The quantitative estimate of drug-likeness (QED) is 0.741. The molecule has 0 aliphatic carbocycles. The molecule has 1 heteroatoms. The van der Waals surface area contributed by atoms with Gasteiger partial charge in [-0.3, -0.25) is 0 Å². The minimum atomic E-state index is 0.240. The third-order valence-electron chi connectivity index (χ3n) is 3.80. The number of hydrogen-bond donors (Lipinski definition) is 1. The van der Waals surface area contributed by atoms with Crippen molar-refractivity contribution in [1.82, 2.24) is 5.32 Å². The topological polar surface area (TPSA) is 12.0 Å². The summed E-state index contributed by atoms with van der Waals surface area (Å²) < 4.78 is 0. The molecule has 19 heavy (non-hydrogen) atoms. The minimum absolute atomic E-state index is 0.240. The van der Waals surface area contributed by atoms with Gasteiger partial charge in [-0.15, -0.1) is 0 Å². The van der Waals surface area contributed by atoms with Crippen molar-refractivity contribution >= 4 is 0 Å². The van der Waals surface area contributed by atoms with E-state index >= 15 is 0 Å². The van der Waals surface area contributed by atoms with Crippen LogP contribution in [0.2, 0.25) is 0 Å². The van der Waals surface area contributed by atoms with Gasteiger partial charge in [-0.05, 0) is 36.8 Å². The molecule has 0 bridgehead atoms. The van der Waals surface area contributed by atoms with E-state index in [1.165, 1.54) is 30.4 Å². The number of benzene rings is 1. The lowest BCUT2D eigenvalue weighted by Crippen LogP contribution is -2.28. The van der Waals surface area contributed by atoms with Crippen molar-refractivity contribution in [3.63, 3.8) is 0 Å². The van der Waals surface area contributed by atoms with Crippen LogP contribution >= 0.6 is 0 Å². The van der Waals surface area contributed by atoms with Gasteiger partial charge in [-0.2, -0.15) is 0 Å². The summed E-state index contributed by atoms with van der Waals surface area (Å²) in [6.45, 7) is 13.6. The van der Waals surface area contributed by atoms with Crippen molar-refractivity contribution in [2.45, 2.75) is 78.3 Å². The van der Waals surface area contributed by atoms with Crippen LogP contribution in [0.15, 0.2) is 24.3 Å². The third-order valence-corrected chi connectivity index (χ3v) is 3.80. The summed E-state index contributed by atoms with van der Waals surface area (Å²) in [5.74, 6) is 0. The van der Waals surface area contributed by atoms with Crippen LogP contribution in [-0.2, 0) is 5.41 Å². The van der Waals surface area contributed by atoms with Gasteiger partial charge in [0.2, 0.25) is 0 Å². The van der Waals surface area contributed by atoms with Gasteiger partial charge in [0.15, 0.2) is 0 Å². The Morgan fingerprint density at radius 2 is 1.63 bits per heavy atom. The van der Waals surface area contributed by atoms with Crippen LogP contribution < -0.4 is 5.32 Å². The normalized spacial score (nSPS) is 15.3. The lowest BCUT2D eigenvalue weighted by atomic mass is 9.86. The molecule has 2 unspecified atom stereocenters. The third kappa shape index (κ3) is 5.36. The van der Waals surface area contributed by atoms with E-state index in [0.29, 0.717) is 12.1 Å². The van der Waals surface area contributed by atoms with E-state index in [2.05, 4.69) is 71.1 Å². The van der Waals surface area contributed by atoms with Crippen molar-refractivity contribution in [1.29, 1.82) is 0 Å². The molecule has 0 radical (unpaired) electrons. The van der Waals surface area contributed by atoms with Crippen molar-refractivity contribution in [3.05, 3.63) is 35.4 Å². The van der Waals surface area contributed by atoms with Gasteiger partial charge in [-0.25, -0.2) is 0 Å². The van der Waals surface area contributed by atoms with Gasteiger partial charge in [0, 0.05) is 12.1 Å². The largest absolute Gasteiger partial charge is 0.308 e. The Bertz CT molecular complexity index is 358. The zero-order valence-electron chi connectivity index (χ0n) is 13.6. The fourth-order valence-corrected chi connectivity index (χ4v) is 2.39. The molecular weight excluding hydrogens is 230 g/mol. The SMILES string of the molecule is CCCCC(C)NC(C)c1ccc(C(C)(C)C)cc1. The van der Waals surface area contributed by atoms with E-state index in [-0.39, 0.29) is 5.41 Å². The first-order chi connectivity index (χ1) is 8.84. The molecule has 0 spiro atoms. The van der Waals surface area contributed by atoms with Gasteiger partial charge in [0.05, 0.1) is 0 Å². The minimum Gasteiger partial charge on any atom is -0.308 e. The molecule has 1 N–H and O–H groups in total. The van der Waals surface area contributed by atoms with E-state index in [4.69, 9.17) is 0 Å². The van der Waals surface area contributed by atoms with E-state index < -0.39 is 0 Å². The molecule has 1 rings (SSSR count). The standard InChI is InChI=1S/C18H31N/c1-7-8-9-14(2)19-15(3)16-10-12-17(13-11-16)18(4,5)6/h10-15,19H,7-9H2,1-6H3. The molecule has 108 valence electrons. The average molecular weight is 261 g/mol. The molecule has 0 aliphatic rings. The van der Waals surface area contributed by atoms with Crippen LogP contribution in [0.5, 0.6) is 0 Å². The maximum absolute atomic E-state index is 3.69. The predicted octanol–water partition coefficient (Wildman–Crippen LogP) is 5.21. The highest BCUT2D eigenvalue weighted by atomic mass is 14.9. The highest BCUT2D eigenvalue weighted by Gasteiger charge is 2.14. The number of rotatable bonds is 6. The van der Waals surface area contributed by atoms with Crippen molar-refractivity contribution in [2.24, 2.45) is 0 Å². The van der Waals surface area contributed by atoms with Crippen LogP contribution in [-0.4, -0.2) is 6.04 Å². The van der Waals surface area contributed by atoms with Crippen LogP contribution in [0.4, 0.5) is 0 Å². The molecular formula is C18H31N. The van der Waals surface area contributed by atoms with Crippen molar-refractivity contribution in [3.8, 4) is 0 Å². The first-order valence-corrected chi connectivity index (χ1v) is 7.71. The molecule has 2 atom stereocenters. The Balaban J connectivity index is 2.60. The Labute approximate surface area is 119 Å². The van der Waals surface area contributed by atoms with Crippen LogP contribution in [0.1, 0.15) is 78.0 Å². The Kier molecular flexibility index (Phi) is 6.06. The molecule has 0 fully saturated rings. The van der Waals surface area contributed by atoms with Crippen LogP contribution in [0, 0.1) is 0 Å². The van der Waals surface area contributed by atoms with Crippen LogP contribution in [0.3, 0.4) is 0 Å². The Morgan fingerprint density at radius 1 is 1.05 bits per heavy atom. The molecule has 0 amide bonds. The second kappa shape index (κ2) is 7.09. The van der Waals surface area contributed by atoms with Gasteiger partial charge in [0.25, 0.3) is 0 Å². The second-order valence-corrected chi connectivity index (χ2v) is 6.80. The maximum atomic E-state index is 3.69. The molecule has 0 saturated heterocycles. The summed E-state index contributed by atoms with van der Waals surface area (Å²) in [6.07, 6.45) is 3.85. The average Bonchev–Trinajstić information content (AvgIpc) is 2.35. The number of nitrogens with one attached hydrogen (secondary N) is 1. The predicted molar refractivity (Wildman–Crippen MR) is 85.7 cm³/mol. The lowest BCUT2D eigenvalue weighted by molar-refractivity contribution is 0.444. The molecule has 1 aromatic carbocycles. The molecule has 0 aliphatic heterocycles. The smallest absolute Gasteiger partial charge is 0.0294 e. The summed E-state index contributed by atoms with van der Waals surface area (Å²) in [7, 11) is 0. The highest BCUT2D eigenvalue weighted by molar-refractivity contribution is 5.29. The number of hydrogen-bond acceptors (Lipinski definition) is 1. The monoisotopic (exact) mass is 261 g/mol. The number of unbranched alkanes of at least 4 members (excludes halogenated alkanes) is 1. The fraction of sp³-hybridized carbons (Fsp3) is 0.667. The molecule has 0 aromatic heterocycles. The fourth-order valence-electron chi connectivity index (χ4n) is 2.39. The van der Waals surface area contributed by atoms with E-state index in [1.54, 1.807) is 0 Å². The first-order valence-electron chi connectivity index (χ1n) is 7.71. The maximum Gasteiger partial charge on any atom is 0.0294 e. The lowest BCUT2D eigenvalue weighted by Gasteiger charge is -2.23. The summed E-state index contributed by atoms with van der Waals surface area (Å²) in [5.41, 5.74) is 3.03. The van der Waals surface area contributed by atoms with E-state index in [1.807, 2.05) is 0 Å². The summed E-state index contributed by atoms with van der Waals surface area (Å²) in [6, 6.07) is 10.1. The van der Waals surface area contributed by atoms with Crippen molar-refractivity contribution < 1.29 is 0 Å². The molecule has 0 saturated carbocycles. The zero-order chi connectivity index (χ0) is 14.5. The van der Waals surface area contributed by atoms with Crippen molar-refractivity contribution in [2.75, 3.05) is 0 Å². The summed E-state index contributed by atoms with van der Waals surface area (Å²) in [5, 5.41) is 3.69. The van der Waals surface area contributed by atoms with Gasteiger partial charge < -0.3 is 5.32 Å². The first kappa shape index (κ1) is 16.2. The van der Waals surface area contributed by atoms with Crippen LogP contribution in [0.25, 0.3) is 0 Å². The summed E-state index contributed by atoms with van der Waals surface area (Å²) in [4.78, 5) is 0. The molecule has 0 heterocycles. The van der Waals surface area contributed by atoms with E-state index in [0.717, 1.165) is 0 Å². The molecule has 1 nitrogen and oxygen atoms in total. The second-order valence-electron chi connectivity index (χ2n) is 6.80. The van der Waals surface area contributed by atoms with Gasteiger partial charge >= 0.3 is 0 Å². The highest BCUT2D eigenvalue weighted by Crippen LogP contribution is 2.24. The van der Waals surface area contributed by atoms with E-state index in [9.17, 15) is 0 Å². The summed E-state index contributed by atoms with van der Waals surface area (Å²) >= 11 is 0. The zero-order valence-corrected chi connectivity index (χ0v) is 13.6. The van der Waals surface area contributed by atoms with Gasteiger partial charge in [-0.1, -0.05) is 64.8 Å². The Hall–Kier alpha value is -0.820. The van der Waals surface area contributed by atoms with Gasteiger partial charge in [0.1, 0.15) is 0 Å².